The average molecular weight is 496 g/mol. The number of carbonyl (C=O) groups excluding carboxylic acids is 1. The third kappa shape index (κ3) is 4.21. The molecule has 1 unspecified atom stereocenters. The van der Waals surface area contributed by atoms with E-state index in [1.165, 1.54) is 26.4 Å². The van der Waals surface area contributed by atoms with Crippen LogP contribution in [-0.2, 0) is 0 Å². The van der Waals surface area contributed by atoms with E-state index in [-0.39, 0.29) is 28.5 Å². The number of benzene rings is 3. The molecule has 4 aromatic rings. The zero-order chi connectivity index (χ0) is 26.1. The van der Waals surface area contributed by atoms with E-state index >= 15 is 0 Å². The fourth-order valence-corrected chi connectivity index (χ4v) is 4.25. The van der Waals surface area contributed by atoms with Gasteiger partial charge in [0.05, 0.1) is 20.1 Å². The lowest BCUT2D eigenvalue weighted by molar-refractivity contribution is 0.0730. The highest BCUT2D eigenvalue weighted by molar-refractivity contribution is 5.94. The van der Waals surface area contributed by atoms with Gasteiger partial charge in [-0.2, -0.15) is 5.26 Å². The second-order valence-corrected chi connectivity index (χ2v) is 8.11. The predicted molar refractivity (Wildman–Crippen MR) is 133 cm³/mol. The second kappa shape index (κ2) is 9.43. The molecule has 3 aromatic carbocycles. The highest BCUT2D eigenvalue weighted by Gasteiger charge is 2.33. The van der Waals surface area contributed by atoms with Crippen LogP contribution in [0, 0.1) is 11.3 Å². The molecule has 37 heavy (non-hydrogen) atoms. The molecule has 0 amide bonds. The smallest absolute Gasteiger partial charge is 0.351 e. The third-order valence-electron chi connectivity index (χ3n) is 6.01. The fraction of sp³-hybridized carbons (Fsp3) is 0.107. The Balaban J connectivity index is 1.53. The molecule has 0 saturated carbocycles. The van der Waals surface area contributed by atoms with Gasteiger partial charge in [0, 0.05) is 22.6 Å². The van der Waals surface area contributed by atoms with Crippen LogP contribution in [0.25, 0.3) is 11.0 Å². The topological polar surface area (TPSA) is 134 Å². The summed E-state index contributed by atoms with van der Waals surface area (Å²) in [6.45, 7) is 0. The van der Waals surface area contributed by atoms with Gasteiger partial charge in [-0.15, -0.1) is 0 Å². The maximum absolute atomic E-state index is 12.8. The van der Waals surface area contributed by atoms with Crippen molar-refractivity contribution < 1.29 is 28.2 Å². The van der Waals surface area contributed by atoms with Crippen molar-refractivity contribution in [2.45, 2.75) is 5.92 Å². The molecule has 0 radical (unpaired) electrons. The summed E-state index contributed by atoms with van der Waals surface area (Å²) in [6.07, 6.45) is 0. The van der Waals surface area contributed by atoms with E-state index in [2.05, 4.69) is 6.07 Å². The first-order valence-electron chi connectivity index (χ1n) is 11.1. The lowest BCUT2D eigenvalue weighted by atomic mass is 9.83. The molecule has 1 aliphatic heterocycles. The number of fused-ring (bicyclic) bond motifs is 2. The normalized spacial score (nSPS) is 14.4. The number of hydrogen-bond donors (Lipinski definition) is 1. The molecule has 0 saturated heterocycles. The number of allylic oxidation sites excluding steroid dienone is 1. The second-order valence-electron chi connectivity index (χ2n) is 8.11. The van der Waals surface area contributed by atoms with E-state index in [9.17, 15) is 14.9 Å². The van der Waals surface area contributed by atoms with Crippen LogP contribution in [0.3, 0.4) is 0 Å². The number of nitriles is 1. The summed E-state index contributed by atoms with van der Waals surface area (Å²) in [7, 11) is 3.06. The van der Waals surface area contributed by atoms with Crippen molar-refractivity contribution in [3.8, 4) is 29.1 Å². The molecule has 1 aromatic heterocycles. The summed E-state index contributed by atoms with van der Waals surface area (Å²) in [4.78, 5) is 25.2. The van der Waals surface area contributed by atoms with E-state index in [0.29, 0.717) is 33.6 Å². The maximum atomic E-state index is 12.8. The van der Waals surface area contributed by atoms with E-state index in [1.807, 2.05) is 0 Å². The van der Waals surface area contributed by atoms with Crippen molar-refractivity contribution in [2.24, 2.45) is 5.73 Å². The quantitative estimate of drug-likeness (QED) is 0.244. The van der Waals surface area contributed by atoms with Gasteiger partial charge in [0.2, 0.25) is 5.88 Å². The lowest BCUT2D eigenvalue weighted by Crippen LogP contribution is -2.22. The fourth-order valence-electron chi connectivity index (χ4n) is 4.25. The van der Waals surface area contributed by atoms with Crippen LogP contribution in [-0.4, -0.2) is 20.2 Å². The standard InChI is InChI=1S/C28H20N2O7/c1-33-16-8-10-23(34-2)19(12-16)25-18-9-7-17(13-24(18)36-26(30)21(25)14-29)35-27(31)20-11-15-5-3-4-6-22(15)37-28(20)32/h3-13,25H,30H2,1-2H3. The van der Waals surface area contributed by atoms with Crippen LogP contribution in [0.2, 0.25) is 0 Å². The van der Waals surface area contributed by atoms with Crippen molar-refractivity contribution in [3.63, 3.8) is 0 Å². The van der Waals surface area contributed by atoms with Gasteiger partial charge in [0.25, 0.3) is 0 Å². The number of ether oxygens (including phenoxy) is 4. The van der Waals surface area contributed by atoms with Crippen molar-refractivity contribution >= 4 is 16.9 Å². The molecule has 184 valence electrons. The number of nitrogens with zero attached hydrogens (tertiary/aromatic N) is 1. The number of nitrogens with two attached hydrogens (primary N) is 1. The minimum absolute atomic E-state index is 0.0940. The number of hydrogen-bond acceptors (Lipinski definition) is 9. The van der Waals surface area contributed by atoms with Gasteiger partial charge < -0.3 is 29.1 Å². The van der Waals surface area contributed by atoms with Crippen molar-refractivity contribution in [1.82, 2.24) is 0 Å². The minimum atomic E-state index is -0.887. The number of esters is 1. The average Bonchev–Trinajstić information content (AvgIpc) is 2.91. The molecular weight excluding hydrogens is 476 g/mol. The summed E-state index contributed by atoms with van der Waals surface area (Å²) in [5, 5.41) is 10.4. The zero-order valence-corrected chi connectivity index (χ0v) is 19.8. The summed E-state index contributed by atoms with van der Waals surface area (Å²) in [6, 6.07) is 20.3. The Labute approximate surface area is 210 Å². The van der Waals surface area contributed by atoms with Gasteiger partial charge in [0.1, 0.15) is 45.8 Å². The van der Waals surface area contributed by atoms with Gasteiger partial charge >= 0.3 is 11.6 Å². The Morgan fingerprint density at radius 3 is 2.51 bits per heavy atom. The molecule has 0 aliphatic carbocycles. The van der Waals surface area contributed by atoms with Crippen LogP contribution in [0.4, 0.5) is 0 Å². The molecule has 1 aliphatic rings. The summed E-state index contributed by atoms with van der Waals surface area (Å²) >= 11 is 0. The SMILES string of the molecule is COc1ccc(OC)c(C2C(C#N)=C(N)Oc3cc(OC(=O)c4cc5ccccc5oc4=O)ccc32)c1. The molecule has 9 heteroatoms. The van der Waals surface area contributed by atoms with Crippen LogP contribution < -0.4 is 30.3 Å². The van der Waals surface area contributed by atoms with Crippen LogP contribution in [0.15, 0.2) is 87.4 Å². The first-order valence-corrected chi connectivity index (χ1v) is 11.1. The Morgan fingerprint density at radius 2 is 1.76 bits per heavy atom. The van der Waals surface area contributed by atoms with Gasteiger partial charge in [-0.05, 0) is 36.4 Å². The first-order chi connectivity index (χ1) is 17.9. The van der Waals surface area contributed by atoms with Crippen molar-refractivity contribution in [2.75, 3.05) is 14.2 Å². The van der Waals surface area contributed by atoms with Crippen molar-refractivity contribution in [1.29, 1.82) is 5.26 Å². The Morgan fingerprint density at radius 1 is 0.973 bits per heavy atom. The van der Waals surface area contributed by atoms with E-state index in [4.69, 9.17) is 29.1 Å². The number of methoxy groups -OCH3 is 2. The van der Waals surface area contributed by atoms with Gasteiger partial charge in [-0.1, -0.05) is 24.3 Å². The number of para-hydroxylation sites is 1. The number of carbonyl (C=O) groups is 1. The third-order valence-corrected chi connectivity index (χ3v) is 6.01. The highest BCUT2D eigenvalue weighted by Crippen LogP contribution is 2.46. The Bertz CT molecular complexity index is 1680. The van der Waals surface area contributed by atoms with Gasteiger partial charge in [-0.3, -0.25) is 0 Å². The highest BCUT2D eigenvalue weighted by atomic mass is 16.5. The van der Waals surface area contributed by atoms with Crippen LogP contribution in [0.1, 0.15) is 27.4 Å². The van der Waals surface area contributed by atoms with Crippen LogP contribution >= 0.6 is 0 Å². The zero-order valence-electron chi connectivity index (χ0n) is 19.8. The van der Waals surface area contributed by atoms with Gasteiger partial charge in [-0.25, -0.2) is 9.59 Å². The molecule has 2 N–H and O–H groups in total. The molecule has 0 fully saturated rings. The lowest BCUT2D eigenvalue weighted by Gasteiger charge is -2.28. The molecule has 0 spiro atoms. The van der Waals surface area contributed by atoms with Crippen molar-refractivity contribution in [3.05, 3.63) is 105 Å². The van der Waals surface area contributed by atoms with Gasteiger partial charge in [0.15, 0.2) is 0 Å². The van der Waals surface area contributed by atoms with Crippen LogP contribution in [0.5, 0.6) is 23.0 Å². The molecule has 2 heterocycles. The molecule has 5 rings (SSSR count). The largest absolute Gasteiger partial charge is 0.497 e. The van der Waals surface area contributed by atoms with E-state index in [1.54, 1.807) is 54.6 Å². The molecule has 9 nitrogen and oxygen atoms in total. The summed E-state index contributed by atoms with van der Waals surface area (Å²) < 4.78 is 27.3. The molecule has 0 bridgehead atoms. The number of rotatable bonds is 5. The maximum Gasteiger partial charge on any atom is 0.351 e. The molecular formula is C28H20N2O7. The Kier molecular flexibility index (Phi) is 5.99. The van der Waals surface area contributed by atoms with E-state index < -0.39 is 17.5 Å². The minimum Gasteiger partial charge on any atom is -0.497 e. The summed E-state index contributed by atoms with van der Waals surface area (Å²) in [5.41, 5.74) is 6.85. The monoisotopic (exact) mass is 496 g/mol. The van der Waals surface area contributed by atoms with E-state index in [0.717, 1.165) is 0 Å². The predicted octanol–water partition coefficient (Wildman–Crippen LogP) is 4.25. The first kappa shape index (κ1) is 23.5. The Hall–Kier alpha value is -5.23. The summed E-state index contributed by atoms with van der Waals surface area (Å²) in [5.74, 6) is -0.123. The molecule has 1 atom stereocenters.